The third kappa shape index (κ3) is 1.91. The molecule has 0 bridgehead atoms. The summed E-state index contributed by atoms with van der Waals surface area (Å²) in [5.41, 5.74) is -0.365. The van der Waals surface area contributed by atoms with Crippen molar-refractivity contribution in [1.82, 2.24) is 5.32 Å². The second-order valence-corrected chi connectivity index (χ2v) is 4.92. The summed E-state index contributed by atoms with van der Waals surface area (Å²) in [6, 6.07) is 0.119. The fourth-order valence-electron chi connectivity index (χ4n) is 1.99. The zero-order valence-corrected chi connectivity index (χ0v) is 9.62. The third-order valence-corrected chi connectivity index (χ3v) is 3.40. The number of ether oxygens (including phenoxy) is 2. The number of hydrogen-bond acceptors (Lipinski definition) is 4. The van der Waals surface area contributed by atoms with Gasteiger partial charge in [-0.1, -0.05) is 0 Å². The molecule has 0 aromatic rings. The molecule has 1 aliphatic heterocycles. The number of esters is 1. The van der Waals surface area contributed by atoms with Crippen LogP contribution in [0.25, 0.3) is 0 Å². The fraction of sp³-hybridized carbons (Fsp3) is 0.818. The van der Waals surface area contributed by atoms with Crippen molar-refractivity contribution in [3.8, 4) is 0 Å². The summed E-state index contributed by atoms with van der Waals surface area (Å²) in [4.78, 5) is 22.9. The van der Waals surface area contributed by atoms with Crippen LogP contribution < -0.4 is 5.32 Å². The highest BCUT2D eigenvalue weighted by molar-refractivity contribution is 5.84. The summed E-state index contributed by atoms with van der Waals surface area (Å²) in [6.07, 6.45) is 1.38. The Hall–Kier alpha value is -1.10. The summed E-state index contributed by atoms with van der Waals surface area (Å²) in [5.74, 6) is -0.184. The minimum Gasteiger partial charge on any atom is -0.469 e. The maximum atomic E-state index is 11.8. The number of hydrogen-bond donors (Lipinski definition) is 1. The molecule has 1 heterocycles. The van der Waals surface area contributed by atoms with Gasteiger partial charge in [-0.15, -0.1) is 0 Å². The summed E-state index contributed by atoms with van der Waals surface area (Å²) < 4.78 is 9.67. The highest BCUT2D eigenvalue weighted by Crippen LogP contribution is 2.31. The summed E-state index contributed by atoms with van der Waals surface area (Å²) >= 11 is 0. The molecule has 0 aromatic carbocycles. The Morgan fingerprint density at radius 3 is 2.44 bits per heavy atom. The van der Waals surface area contributed by atoms with E-state index in [1.807, 2.05) is 6.92 Å². The van der Waals surface area contributed by atoms with Gasteiger partial charge in [-0.05, 0) is 19.8 Å². The molecule has 1 N–H and O–H groups in total. The van der Waals surface area contributed by atoms with E-state index in [1.54, 1.807) is 0 Å². The normalized spacial score (nSPS) is 30.9. The first kappa shape index (κ1) is 11.4. The highest BCUT2D eigenvalue weighted by Gasteiger charge is 2.44. The third-order valence-electron chi connectivity index (χ3n) is 3.40. The highest BCUT2D eigenvalue weighted by atomic mass is 16.5. The molecule has 16 heavy (non-hydrogen) atoms. The first-order valence-electron chi connectivity index (χ1n) is 5.52. The zero-order chi connectivity index (χ0) is 11.8. The van der Waals surface area contributed by atoms with E-state index in [0.29, 0.717) is 26.1 Å². The Kier molecular flexibility index (Phi) is 2.88. The van der Waals surface area contributed by atoms with Gasteiger partial charge in [0.25, 0.3) is 0 Å². The lowest BCUT2D eigenvalue weighted by atomic mass is 9.79. The largest absolute Gasteiger partial charge is 0.469 e. The molecule has 2 fully saturated rings. The Morgan fingerprint density at radius 1 is 1.38 bits per heavy atom. The first-order chi connectivity index (χ1) is 7.55. The predicted molar refractivity (Wildman–Crippen MR) is 55.6 cm³/mol. The SMILES string of the molecule is COC(=O)C1CC(NC(=O)C2(C)COC2)C1. The molecule has 5 nitrogen and oxygen atoms in total. The van der Waals surface area contributed by atoms with E-state index in [2.05, 4.69) is 10.1 Å². The lowest BCUT2D eigenvalue weighted by Crippen LogP contribution is -2.57. The maximum absolute atomic E-state index is 11.8. The average Bonchev–Trinajstić information content (AvgIpc) is 2.17. The maximum Gasteiger partial charge on any atom is 0.308 e. The van der Waals surface area contributed by atoms with Crippen LogP contribution in [0.2, 0.25) is 0 Å². The van der Waals surface area contributed by atoms with Crippen LogP contribution in [0.1, 0.15) is 19.8 Å². The van der Waals surface area contributed by atoms with Crippen molar-refractivity contribution in [1.29, 1.82) is 0 Å². The minimum absolute atomic E-state index is 0.0343. The van der Waals surface area contributed by atoms with Crippen molar-refractivity contribution in [2.24, 2.45) is 11.3 Å². The van der Waals surface area contributed by atoms with Crippen LogP contribution in [0.5, 0.6) is 0 Å². The number of methoxy groups -OCH3 is 1. The molecule has 1 amide bonds. The van der Waals surface area contributed by atoms with Crippen LogP contribution in [-0.4, -0.2) is 38.2 Å². The lowest BCUT2D eigenvalue weighted by Gasteiger charge is -2.40. The Morgan fingerprint density at radius 2 is 2.00 bits per heavy atom. The van der Waals surface area contributed by atoms with Gasteiger partial charge in [-0.2, -0.15) is 0 Å². The van der Waals surface area contributed by atoms with E-state index >= 15 is 0 Å². The second kappa shape index (κ2) is 4.05. The zero-order valence-electron chi connectivity index (χ0n) is 9.62. The van der Waals surface area contributed by atoms with Crippen molar-refractivity contribution in [3.05, 3.63) is 0 Å². The monoisotopic (exact) mass is 227 g/mol. The van der Waals surface area contributed by atoms with Gasteiger partial charge in [-0.3, -0.25) is 9.59 Å². The Labute approximate surface area is 94.5 Å². The van der Waals surface area contributed by atoms with E-state index in [0.717, 1.165) is 0 Å². The van der Waals surface area contributed by atoms with Crippen molar-refractivity contribution >= 4 is 11.9 Å². The van der Waals surface area contributed by atoms with Gasteiger partial charge < -0.3 is 14.8 Å². The fourth-order valence-corrected chi connectivity index (χ4v) is 1.99. The van der Waals surface area contributed by atoms with Crippen molar-refractivity contribution in [3.63, 3.8) is 0 Å². The van der Waals surface area contributed by atoms with Gasteiger partial charge in [0.2, 0.25) is 5.91 Å². The van der Waals surface area contributed by atoms with E-state index in [-0.39, 0.29) is 29.3 Å². The molecule has 5 heteroatoms. The van der Waals surface area contributed by atoms with Crippen LogP contribution in [0.15, 0.2) is 0 Å². The summed E-state index contributed by atoms with van der Waals surface area (Å²) in [7, 11) is 1.39. The summed E-state index contributed by atoms with van der Waals surface area (Å²) in [6.45, 7) is 2.88. The van der Waals surface area contributed by atoms with Crippen LogP contribution in [-0.2, 0) is 19.1 Å². The van der Waals surface area contributed by atoms with Gasteiger partial charge in [0.15, 0.2) is 0 Å². The lowest BCUT2D eigenvalue weighted by molar-refractivity contribution is -0.161. The Balaban J connectivity index is 1.73. The molecular weight excluding hydrogens is 210 g/mol. The number of nitrogens with one attached hydrogen (secondary N) is 1. The molecule has 0 unspecified atom stereocenters. The van der Waals surface area contributed by atoms with Crippen LogP contribution >= 0.6 is 0 Å². The van der Waals surface area contributed by atoms with E-state index in [1.165, 1.54) is 7.11 Å². The van der Waals surface area contributed by atoms with Crippen molar-refractivity contribution in [2.45, 2.75) is 25.8 Å². The first-order valence-corrected chi connectivity index (χ1v) is 5.52. The molecule has 0 radical (unpaired) electrons. The van der Waals surface area contributed by atoms with E-state index < -0.39 is 0 Å². The molecule has 0 spiro atoms. The molecule has 90 valence electrons. The number of amides is 1. The average molecular weight is 227 g/mol. The van der Waals surface area contributed by atoms with Gasteiger partial charge in [0.1, 0.15) is 0 Å². The molecule has 1 saturated heterocycles. The summed E-state index contributed by atoms with van der Waals surface area (Å²) in [5, 5.41) is 2.94. The van der Waals surface area contributed by atoms with Gasteiger partial charge >= 0.3 is 5.97 Å². The van der Waals surface area contributed by atoms with Crippen molar-refractivity contribution < 1.29 is 19.1 Å². The molecular formula is C11H17NO4. The van der Waals surface area contributed by atoms with Gasteiger partial charge in [-0.25, -0.2) is 0 Å². The number of rotatable bonds is 3. The molecule has 2 aliphatic rings. The second-order valence-electron chi connectivity index (χ2n) is 4.92. The number of carbonyl (C=O) groups is 2. The standard InChI is InChI=1S/C11H17NO4/c1-11(5-16-6-11)10(14)12-8-3-7(4-8)9(13)15-2/h7-8H,3-6H2,1-2H3,(H,12,14). The van der Waals surface area contributed by atoms with E-state index in [9.17, 15) is 9.59 Å². The molecule has 0 atom stereocenters. The van der Waals surface area contributed by atoms with Crippen LogP contribution in [0, 0.1) is 11.3 Å². The molecule has 1 saturated carbocycles. The molecule has 2 rings (SSSR count). The van der Waals surface area contributed by atoms with Crippen LogP contribution in [0.3, 0.4) is 0 Å². The quantitative estimate of drug-likeness (QED) is 0.694. The topological polar surface area (TPSA) is 64.6 Å². The molecule has 1 aliphatic carbocycles. The van der Waals surface area contributed by atoms with Crippen molar-refractivity contribution in [2.75, 3.05) is 20.3 Å². The van der Waals surface area contributed by atoms with Gasteiger partial charge in [0, 0.05) is 6.04 Å². The Bertz CT molecular complexity index is 305. The molecule has 0 aromatic heterocycles. The van der Waals surface area contributed by atoms with Gasteiger partial charge in [0.05, 0.1) is 31.7 Å². The minimum atomic E-state index is -0.365. The smallest absolute Gasteiger partial charge is 0.308 e. The van der Waals surface area contributed by atoms with E-state index in [4.69, 9.17) is 4.74 Å². The number of carbonyl (C=O) groups excluding carboxylic acids is 2. The van der Waals surface area contributed by atoms with Crippen LogP contribution in [0.4, 0.5) is 0 Å². The predicted octanol–water partition coefficient (Wildman–Crippen LogP) is 0.0907.